The van der Waals surface area contributed by atoms with E-state index >= 15 is 0 Å². The Kier molecular flexibility index (Phi) is 5.51. The lowest BCUT2D eigenvalue weighted by Gasteiger charge is -2.38. The Balaban J connectivity index is 4.46. The first-order chi connectivity index (χ1) is 6.86. The molecule has 0 N–H and O–H groups in total. The molecule has 0 amide bonds. The van der Waals surface area contributed by atoms with Crippen molar-refractivity contribution in [2.24, 2.45) is 0 Å². The molecule has 5 nitrogen and oxygen atoms in total. The smallest absolute Gasteiger partial charge is 0.100 e. The van der Waals surface area contributed by atoms with Crippen molar-refractivity contribution in [1.29, 1.82) is 0 Å². The van der Waals surface area contributed by atoms with E-state index < -0.39 is 15.7 Å². The molecule has 0 aliphatic rings. The summed E-state index contributed by atoms with van der Waals surface area (Å²) in [6, 6.07) is 0. The highest BCUT2D eigenvalue weighted by Gasteiger charge is 2.33. The molecule has 0 aromatic carbocycles. The third kappa shape index (κ3) is 6.88. The maximum atomic E-state index is 10.5. The van der Waals surface area contributed by atoms with E-state index in [1.54, 1.807) is 0 Å². The van der Waals surface area contributed by atoms with Crippen LogP contribution >= 0.6 is 23.6 Å². The lowest BCUT2D eigenvalue weighted by atomic mass is 10.1. The predicted molar refractivity (Wildman–Crippen MR) is 64.0 cm³/mol. The van der Waals surface area contributed by atoms with Crippen LogP contribution in [0.1, 0.15) is 13.8 Å². The van der Waals surface area contributed by atoms with Crippen LogP contribution in [0.25, 0.3) is 0 Å². The second-order valence-electron chi connectivity index (χ2n) is 5.12. The van der Waals surface area contributed by atoms with Gasteiger partial charge in [-0.1, -0.05) is 0 Å². The van der Waals surface area contributed by atoms with E-state index in [-0.39, 0.29) is 12.3 Å². The minimum atomic E-state index is -4.18. The van der Waals surface area contributed by atoms with Crippen molar-refractivity contribution in [2.45, 2.75) is 19.4 Å². The Morgan fingerprint density at radius 2 is 1.75 bits per heavy atom. The van der Waals surface area contributed by atoms with Crippen LogP contribution in [0.3, 0.4) is 0 Å². The Morgan fingerprint density at radius 3 is 2.06 bits per heavy atom. The van der Waals surface area contributed by atoms with Crippen molar-refractivity contribution in [1.82, 2.24) is 3.94 Å². The van der Waals surface area contributed by atoms with Crippen LogP contribution < -0.4 is 0 Å². The summed E-state index contributed by atoms with van der Waals surface area (Å²) in [6.07, 6.45) is 0. The van der Waals surface area contributed by atoms with Gasteiger partial charge in [-0.3, -0.25) is 0 Å². The molecule has 8 heteroatoms. The summed E-state index contributed by atoms with van der Waals surface area (Å²) in [7, 11) is -0.531. The summed E-state index contributed by atoms with van der Waals surface area (Å²) in [6.45, 7) is 4.42. The molecule has 0 saturated heterocycles. The largest absolute Gasteiger partial charge is 0.748 e. The average Bonchev–Trinajstić information content (AvgIpc) is 1.97. The molecule has 0 unspecified atom stereocenters. The highest BCUT2D eigenvalue weighted by atomic mass is 35.5. The fourth-order valence-electron chi connectivity index (χ4n) is 1.54. The normalized spacial score (nSPS) is 14.5. The van der Waals surface area contributed by atoms with Crippen LogP contribution in [-0.4, -0.2) is 59.9 Å². The maximum absolute atomic E-state index is 10.5. The summed E-state index contributed by atoms with van der Waals surface area (Å²) in [5, 5.41) is 0. The average molecular weight is 293 g/mol. The minimum absolute atomic E-state index is 0.233. The molecule has 0 fully saturated rings. The number of hydrogen-bond acceptors (Lipinski definition) is 4. The summed E-state index contributed by atoms with van der Waals surface area (Å²) in [4.78, 5) is 0. The van der Waals surface area contributed by atoms with Gasteiger partial charge in [0.1, 0.15) is 10.1 Å². The second kappa shape index (κ2) is 5.37. The minimum Gasteiger partial charge on any atom is -0.748 e. The number of hydrogen-bond donors (Lipinski definition) is 0. The van der Waals surface area contributed by atoms with E-state index in [1.165, 1.54) is 0 Å². The third-order valence-corrected chi connectivity index (χ3v) is 3.82. The first kappa shape index (κ1) is 16.4. The highest BCUT2D eigenvalue weighted by Crippen LogP contribution is 2.22. The van der Waals surface area contributed by atoms with Gasteiger partial charge in [0.25, 0.3) is 0 Å². The summed E-state index contributed by atoms with van der Waals surface area (Å²) in [5.41, 5.74) is -0.501. The van der Waals surface area contributed by atoms with Crippen molar-refractivity contribution >= 4 is 33.7 Å². The van der Waals surface area contributed by atoms with Gasteiger partial charge in [0, 0.05) is 0 Å². The summed E-state index contributed by atoms with van der Waals surface area (Å²) in [5.74, 6) is -0.388. The van der Waals surface area contributed by atoms with Gasteiger partial charge in [-0.2, -0.15) is 0 Å². The fourth-order valence-corrected chi connectivity index (χ4v) is 2.36. The van der Waals surface area contributed by atoms with Crippen LogP contribution in [0.2, 0.25) is 0 Å². The lowest BCUT2D eigenvalue weighted by molar-refractivity contribution is -0.891. The van der Waals surface area contributed by atoms with E-state index in [4.69, 9.17) is 23.6 Å². The lowest BCUT2D eigenvalue weighted by Crippen LogP contribution is -2.54. The number of halogens is 2. The Morgan fingerprint density at radius 1 is 1.31 bits per heavy atom. The highest BCUT2D eigenvalue weighted by molar-refractivity contribution is 7.85. The molecule has 0 aromatic heterocycles. The number of likely N-dealkylation sites (N-methyl/N-ethyl adjacent to an activating group) is 1. The van der Waals surface area contributed by atoms with Crippen LogP contribution in [0.5, 0.6) is 0 Å². The van der Waals surface area contributed by atoms with Crippen LogP contribution in [0.15, 0.2) is 0 Å². The topological polar surface area (TPSA) is 60.4 Å². The van der Waals surface area contributed by atoms with E-state index in [1.807, 2.05) is 27.9 Å². The first-order valence-electron chi connectivity index (χ1n) is 4.73. The molecule has 0 aliphatic carbocycles. The van der Waals surface area contributed by atoms with Gasteiger partial charge in [-0.05, 0) is 37.4 Å². The fraction of sp³-hybridized carbons (Fsp3) is 1.00. The van der Waals surface area contributed by atoms with Gasteiger partial charge in [-0.15, -0.1) is 3.94 Å². The molecule has 0 bridgehead atoms. The maximum Gasteiger partial charge on any atom is 0.100 e. The van der Waals surface area contributed by atoms with E-state index in [0.29, 0.717) is 11.0 Å². The molecule has 16 heavy (non-hydrogen) atoms. The van der Waals surface area contributed by atoms with Crippen LogP contribution in [-0.2, 0) is 10.1 Å². The van der Waals surface area contributed by atoms with E-state index in [2.05, 4.69) is 0 Å². The number of rotatable bonds is 6. The standard InChI is InChI=1S/C8H18Cl2N2O3S/c1-8(2,11(9)10)7-12(3,4)5-6-16(13,14)15/h5-7H2,1-4H3. The molecule has 0 radical (unpaired) electrons. The van der Waals surface area contributed by atoms with Crippen molar-refractivity contribution in [3.8, 4) is 0 Å². The molecule has 0 atom stereocenters. The quantitative estimate of drug-likeness (QED) is 0.416. The number of quaternary nitrogens is 1. The van der Waals surface area contributed by atoms with E-state index in [0.717, 1.165) is 3.94 Å². The molecule has 0 saturated carbocycles. The Labute approximate surface area is 107 Å². The zero-order chi connectivity index (χ0) is 13.2. The number of nitrogens with zero attached hydrogens (tertiary/aromatic N) is 2. The monoisotopic (exact) mass is 292 g/mol. The third-order valence-electron chi connectivity index (χ3n) is 2.22. The molecule has 0 rings (SSSR count). The van der Waals surface area contributed by atoms with Gasteiger partial charge >= 0.3 is 0 Å². The second-order valence-corrected chi connectivity index (χ2v) is 7.50. The van der Waals surface area contributed by atoms with Crippen molar-refractivity contribution < 1.29 is 17.5 Å². The van der Waals surface area contributed by atoms with Gasteiger partial charge in [0.2, 0.25) is 0 Å². The molecule has 0 heterocycles. The van der Waals surface area contributed by atoms with Crippen molar-refractivity contribution in [3.63, 3.8) is 0 Å². The van der Waals surface area contributed by atoms with Crippen molar-refractivity contribution in [2.75, 3.05) is 32.9 Å². The van der Waals surface area contributed by atoms with Crippen molar-refractivity contribution in [3.05, 3.63) is 0 Å². The van der Waals surface area contributed by atoms with E-state index in [9.17, 15) is 13.0 Å². The zero-order valence-corrected chi connectivity index (χ0v) is 12.2. The Hall–Kier alpha value is 0.410. The van der Waals surface area contributed by atoms with Crippen LogP contribution in [0.4, 0.5) is 0 Å². The molecular formula is C8H18Cl2N2O3S. The van der Waals surface area contributed by atoms with Gasteiger partial charge in [-0.25, -0.2) is 8.42 Å². The SMILES string of the molecule is CC(C)(C[N+](C)(C)CCS(=O)(=O)[O-])N(Cl)Cl. The molecule has 98 valence electrons. The molecule has 0 spiro atoms. The molecule has 0 aliphatic heterocycles. The molecule has 0 aromatic rings. The van der Waals surface area contributed by atoms with Crippen LogP contribution in [0, 0.1) is 0 Å². The summed E-state index contributed by atoms with van der Waals surface area (Å²) < 4.78 is 33.0. The summed E-state index contributed by atoms with van der Waals surface area (Å²) >= 11 is 11.3. The van der Waals surface area contributed by atoms with Gasteiger partial charge in [0.05, 0.1) is 38.5 Å². The Bertz CT molecular complexity index is 328. The van der Waals surface area contributed by atoms with Gasteiger partial charge < -0.3 is 9.04 Å². The molecular weight excluding hydrogens is 275 g/mol. The van der Waals surface area contributed by atoms with Gasteiger partial charge in [0.15, 0.2) is 0 Å². The zero-order valence-electron chi connectivity index (χ0n) is 9.90. The predicted octanol–water partition coefficient (Wildman–Crippen LogP) is 0.996. The first-order valence-corrected chi connectivity index (χ1v) is 6.98.